The molecule has 2 aromatic carbocycles. The fourth-order valence-corrected chi connectivity index (χ4v) is 6.72. The number of hydrogen-bond acceptors (Lipinski definition) is 5. The molecule has 0 saturated carbocycles. The van der Waals surface area contributed by atoms with E-state index in [0.717, 1.165) is 83.3 Å². The Kier molecular flexibility index (Phi) is 8.29. The number of β-amino-alcohol motifs (C(OH)–C–C–N with tert-alkyl or cyclic N) is 1. The standard InChI is InChI=1S/C32H45N3O3/c1-26-8-7-11-28(24-26)35-20-16-32(37,17-21-35)25-34-18-14-31(15-19-34)13-6-5-10-27-9-3-4-12-29(27)38-23-22-33(2)30(31)36/h3-4,7-9,11-12,24,37H,5-6,10,13-23,25H2,1-2H3. The number of ether oxygens (including phenoxy) is 1. The number of carbonyl (C=O) groups is 1. The van der Waals surface area contributed by atoms with Gasteiger partial charge >= 0.3 is 0 Å². The first-order valence-electron chi connectivity index (χ1n) is 14.6. The van der Waals surface area contributed by atoms with Crippen LogP contribution in [0.2, 0.25) is 0 Å². The first kappa shape index (κ1) is 27.0. The van der Waals surface area contributed by atoms with Gasteiger partial charge in [-0.25, -0.2) is 0 Å². The molecule has 0 bridgehead atoms. The molecular formula is C32H45N3O3. The zero-order chi connectivity index (χ0) is 26.6. The van der Waals surface area contributed by atoms with Gasteiger partial charge in [-0.1, -0.05) is 36.8 Å². The number of amides is 1. The molecule has 0 aliphatic carbocycles. The summed E-state index contributed by atoms with van der Waals surface area (Å²) in [6, 6.07) is 17.0. The van der Waals surface area contributed by atoms with Crippen molar-refractivity contribution in [3.05, 3.63) is 59.7 Å². The van der Waals surface area contributed by atoms with E-state index in [1.165, 1.54) is 16.8 Å². The van der Waals surface area contributed by atoms with Crippen LogP contribution in [0, 0.1) is 12.3 Å². The summed E-state index contributed by atoms with van der Waals surface area (Å²) in [4.78, 5) is 20.4. The lowest BCUT2D eigenvalue weighted by Gasteiger charge is -2.46. The molecule has 6 heteroatoms. The number of nitrogens with zero attached hydrogens (tertiary/aromatic N) is 3. The van der Waals surface area contributed by atoms with E-state index in [4.69, 9.17) is 4.74 Å². The minimum atomic E-state index is -0.650. The molecule has 3 aliphatic rings. The van der Waals surface area contributed by atoms with Crippen molar-refractivity contribution in [2.75, 3.05) is 57.8 Å². The van der Waals surface area contributed by atoms with E-state index in [9.17, 15) is 9.90 Å². The topological polar surface area (TPSA) is 56.2 Å². The van der Waals surface area contributed by atoms with E-state index in [2.05, 4.69) is 53.1 Å². The number of aliphatic hydroxyl groups is 1. The molecule has 6 nitrogen and oxygen atoms in total. The van der Waals surface area contributed by atoms with Gasteiger partial charge in [0.15, 0.2) is 0 Å². The van der Waals surface area contributed by atoms with Crippen LogP contribution in [-0.4, -0.2) is 79.3 Å². The SMILES string of the molecule is Cc1cccc(N2CCC(O)(CN3CCC4(CCCCc5ccccc5OCCN(C)C4=O)CC3)CC2)c1. The lowest BCUT2D eigenvalue weighted by atomic mass is 9.72. The highest BCUT2D eigenvalue weighted by atomic mass is 16.5. The third kappa shape index (κ3) is 6.18. The first-order valence-corrected chi connectivity index (χ1v) is 14.6. The minimum absolute atomic E-state index is 0.278. The van der Waals surface area contributed by atoms with Crippen LogP contribution in [0.4, 0.5) is 5.69 Å². The Balaban J connectivity index is 1.17. The van der Waals surface area contributed by atoms with Crippen LogP contribution in [-0.2, 0) is 11.2 Å². The molecule has 206 valence electrons. The Morgan fingerprint density at radius 2 is 1.66 bits per heavy atom. The zero-order valence-electron chi connectivity index (χ0n) is 23.3. The molecule has 2 aromatic rings. The molecule has 0 unspecified atom stereocenters. The maximum atomic E-state index is 13.7. The van der Waals surface area contributed by atoms with E-state index in [1.807, 2.05) is 24.1 Å². The number of likely N-dealkylation sites (tertiary alicyclic amines) is 1. The van der Waals surface area contributed by atoms with E-state index in [1.54, 1.807) is 0 Å². The maximum absolute atomic E-state index is 13.7. The lowest BCUT2D eigenvalue weighted by Crippen LogP contribution is -2.55. The Morgan fingerprint density at radius 3 is 2.42 bits per heavy atom. The maximum Gasteiger partial charge on any atom is 0.228 e. The molecule has 0 atom stereocenters. The number of carbonyl (C=O) groups excluding carboxylic acids is 1. The summed E-state index contributed by atoms with van der Waals surface area (Å²) in [6.07, 6.45) is 7.38. The lowest BCUT2D eigenvalue weighted by molar-refractivity contribution is -0.145. The Hall–Kier alpha value is -2.57. The predicted molar refractivity (Wildman–Crippen MR) is 153 cm³/mol. The molecule has 1 N–H and O–H groups in total. The molecule has 0 radical (unpaired) electrons. The van der Waals surface area contributed by atoms with Crippen LogP contribution in [0.3, 0.4) is 0 Å². The average molecular weight is 520 g/mol. The number of anilines is 1. The highest BCUT2D eigenvalue weighted by molar-refractivity contribution is 5.82. The predicted octanol–water partition coefficient (Wildman–Crippen LogP) is 4.67. The monoisotopic (exact) mass is 519 g/mol. The number of piperidine rings is 2. The fraction of sp³-hybridized carbons (Fsp3) is 0.594. The van der Waals surface area contributed by atoms with Crippen LogP contribution in [0.5, 0.6) is 5.75 Å². The third-order valence-corrected chi connectivity index (χ3v) is 9.20. The van der Waals surface area contributed by atoms with Crippen molar-refractivity contribution in [2.45, 2.75) is 63.9 Å². The number of aryl methyl sites for hydroxylation is 2. The Morgan fingerprint density at radius 1 is 0.895 bits per heavy atom. The number of likely N-dealkylation sites (N-methyl/N-ethyl adjacent to an activating group) is 1. The smallest absolute Gasteiger partial charge is 0.228 e. The molecular weight excluding hydrogens is 474 g/mol. The highest BCUT2D eigenvalue weighted by Crippen LogP contribution is 2.40. The van der Waals surface area contributed by atoms with Gasteiger partial charge in [-0.3, -0.25) is 4.79 Å². The van der Waals surface area contributed by atoms with Crippen molar-refractivity contribution < 1.29 is 14.6 Å². The molecule has 0 aromatic heterocycles. The minimum Gasteiger partial charge on any atom is -0.491 e. The van der Waals surface area contributed by atoms with Gasteiger partial charge in [0.25, 0.3) is 0 Å². The molecule has 38 heavy (non-hydrogen) atoms. The van der Waals surface area contributed by atoms with Gasteiger partial charge in [-0.2, -0.15) is 0 Å². The van der Waals surface area contributed by atoms with Gasteiger partial charge in [-0.05, 0) is 94.3 Å². The fourth-order valence-electron chi connectivity index (χ4n) is 6.72. The summed E-state index contributed by atoms with van der Waals surface area (Å²) in [6.45, 7) is 7.48. The Bertz CT molecular complexity index is 1090. The summed E-state index contributed by atoms with van der Waals surface area (Å²) in [5.74, 6) is 1.24. The average Bonchev–Trinajstić information content (AvgIpc) is 2.92. The van der Waals surface area contributed by atoms with Crippen molar-refractivity contribution in [1.82, 2.24) is 9.80 Å². The Labute approximate surface area is 228 Å². The molecule has 1 amide bonds. The molecule has 5 rings (SSSR count). The summed E-state index contributed by atoms with van der Waals surface area (Å²) in [5, 5.41) is 11.5. The first-order chi connectivity index (χ1) is 18.4. The molecule has 2 fully saturated rings. The number of hydrogen-bond donors (Lipinski definition) is 1. The van der Waals surface area contributed by atoms with Crippen LogP contribution in [0.15, 0.2) is 48.5 Å². The quantitative estimate of drug-likeness (QED) is 0.639. The van der Waals surface area contributed by atoms with Gasteiger partial charge in [0, 0.05) is 32.4 Å². The molecule has 1 spiro atoms. The van der Waals surface area contributed by atoms with Gasteiger partial charge in [0.2, 0.25) is 5.91 Å². The van der Waals surface area contributed by atoms with E-state index < -0.39 is 5.60 Å². The van der Waals surface area contributed by atoms with Crippen molar-refractivity contribution in [2.24, 2.45) is 5.41 Å². The summed E-state index contributed by atoms with van der Waals surface area (Å²) >= 11 is 0. The van der Waals surface area contributed by atoms with Crippen LogP contribution < -0.4 is 9.64 Å². The largest absolute Gasteiger partial charge is 0.491 e. The number of benzene rings is 2. The van der Waals surface area contributed by atoms with Crippen LogP contribution in [0.25, 0.3) is 0 Å². The van der Waals surface area contributed by atoms with Gasteiger partial charge in [-0.15, -0.1) is 0 Å². The molecule has 3 aliphatic heterocycles. The van der Waals surface area contributed by atoms with E-state index in [-0.39, 0.29) is 11.3 Å². The molecule has 3 heterocycles. The van der Waals surface area contributed by atoms with Gasteiger partial charge in [0.1, 0.15) is 12.4 Å². The molecule has 2 saturated heterocycles. The zero-order valence-corrected chi connectivity index (χ0v) is 23.3. The number of para-hydroxylation sites is 1. The number of rotatable bonds is 3. The third-order valence-electron chi connectivity index (χ3n) is 9.20. The van der Waals surface area contributed by atoms with E-state index >= 15 is 0 Å². The number of fused-ring (bicyclic) bond motifs is 1. The second-order valence-electron chi connectivity index (χ2n) is 12.0. The van der Waals surface area contributed by atoms with Gasteiger partial charge in [0.05, 0.1) is 17.6 Å². The van der Waals surface area contributed by atoms with Crippen molar-refractivity contribution in [3.63, 3.8) is 0 Å². The van der Waals surface area contributed by atoms with E-state index in [0.29, 0.717) is 19.7 Å². The van der Waals surface area contributed by atoms with Crippen LogP contribution in [0.1, 0.15) is 56.1 Å². The summed E-state index contributed by atoms with van der Waals surface area (Å²) in [5.41, 5.74) is 2.86. The van der Waals surface area contributed by atoms with Gasteiger partial charge < -0.3 is 24.5 Å². The summed E-state index contributed by atoms with van der Waals surface area (Å²) < 4.78 is 6.08. The second kappa shape index (κ2) is 11.7. The normalized spacial score (nSPS) is 22.8. The van der Waals surface area contributed by atoms with Crippen molar-refractivity contribution in [3.8, 4) is 5.75 Å². The van der Waals surface area contributed by atoms with Crippen molar-refractivity contribution in [1.29, 1.82) is 0 Å². The highest BCUT2D eigenvalue weighted by Gasteiger charge is 2.44. The van der Waals surface area contributed by atoms with Crippen molar-refractivity contribution >= 4 is 11.6 Å². The summed E-state index contributed by atoms with van der Waals surface area (Å²) in [7, 11) is 1.93. The van der Waals surface area contributed by atoms with Crippen LogP contribution >= 0.6 is 0 Å². The second-order valence-corrected chi connectivity index (χ2v) is 12.0.